The first-order chi connectivity index (χ1) is 13.0. The van der Waals surface area contributed by atoms with Gasteiger partial charge in [-0.25, -0.2) is 9.37 Å². The van der Waals surface area contributed by atoms with Crippen LogP contribution in [0.4, 0.5) is 4.39 Å². The number of ether oxygens (including phenoxy) is 1. The first-order valence-electron chi connectivity index (χ1n) is 9.29. The molecule has 8 heteroatoms. The van der Waals surface area contributed by atoms with E-state index in [0.29, 0.717) is 17.2 Å². The Kier molecular flexibility index (Phi) is 4.88. The van der Waals surface area contributed by atoms with Gasteiger partial charge in [0.15, 0.2) is 11.9 Å². The number of hydrogen-bond donors (Lipinski definition) is 2. The summed E-state index contributed by atoms with van der Waals surface area (Å²) in [7, 11) is 0. The van der Waals surface area contributed by atoms with Crippen LogP contribution in [0.15, 0.2) is 24.3 Å². The van der Waals surface area contributed by atoms with Gasteiger partial charge in [0, 0.05) is 12.0 Å². The van der Waals surface area contributed by atoms with Crippen LogP contribution in [0.3, 0.4) is 0 Å². The minimum Gasteiger partial charge on any atom is -0.492 e. The highest BCUT2D eigenvalue weighted by Gasteiger charge is 2.37. The Bertz CT molecular complexity index is 929. The summed E-state index contributed by atoms with van der Waals surface area (Å²) in [6.07, 6.45) is 0.944. The van der Waals surface area contributed by atoms with Crippen molar-refractivity contribution in [2.45, 2.75) is 45.4 Å². The van der Waals surface area contributed by atoms with Crippen LogP contribution in [0.25, 0.3) is 4.96 Å². The number of morpholine rings is 1. The molecule has 3 aromatic rings. The second-order valence-electron chi connectivity index (χ2n) is 7.17. The zero-order valence-corrected chi connectivity index (χ0v) is 16.5. The standard InChI is InChI=1S/C19H23FN4O2S/c1-4-15-21-19-24(22-15)18(25)17(27-19)16(13-5-7-14(20)8-6-13)23-9-11(2)26-12(3)10-23/h5-8,11-12,16,25H,4,9-10H2,1-3H3/p+1/t11-,12-,16+/m1/s1. The Labute approximate surface area is 161 Å². The number of nitrogens with zero attached hydrogens (tertiary/aromatic N) is 3. The molecule has 0 bridgehead atoms. The van der Waals surface area contributed by atoms with Crippen molar-refractivity contribution < 1.29 is 19.1 Å². The van der Waals surface area contributed by atoms with Gasteiger partial charge >= 0.3 is 0 Å². The number of aromatic nitrogens is 3. The van der Waals surface area contributed by atoms with E-state index in [-0.39, 0.29) is 29.9 Å². The summed E-state index contributed by atoms with van der Waals surface area (Å²) in [5.74, 6) is 0.564. The van der Waals surface area contributed by atoms with Gasteiger partial charge in [0.25, 0.3) is 0 Å². The molecule has 27 heavy (non-hydrogen) atoms. The van der Waals surface area contributed by atoms with E-state index in [9.17, 15) is 9.50 Å². The number of halogens is 1. The number of aryl methyl sites for hydroxylation is 1. The molecule has 3 atom stereocenters. The third-order valence-corrected chi connectivity index (χ3v) is 6.08. The fourth-order valence-electron chi connectivity index (χ4n) is 3.91. The molecule has 1 aliphatic heterocycles. The lowest BCUT2D eigenvalue weighted by Crippen LogP contribution is -3.15. The maximum absolute atomic E-state index is 13.5. The van der Waals surface area contributed by atoms with Crippen LogP contribution in [0.1, 0.15) is 43.1 Å². The number of thiazole rings is 1. The fraction of sp³-hybridized carbons (Fsp3) is 0.474. The van der Waals surface area contributed by atoms with Crippen LogP contribution in [0, 0.1) is 5.82 Å². The minimum atomic E-state index is -0.268. The molecule has 1 fully saturated rings. The highest BCUT2D eigenvalue weighted by Crippen LogP contribution is 2.35. The number of hydrogen-bond acceptors (Lipinski definition) is 5. The van der Waals surface area contributed by atoms with E-state index in [1.54, 1.807) is 12.1 Å². The summed E-state index contributed by atoms with van der Waals surface area (Å²) in [5, 5.41) is 15.3. The molecule has 1 aliphatic rings. The van der Waals surface area contributed by atoms with Crippen molar-refractivity contribution in [2.24, 2.45) is 0 Å². The Morgan fingerprint density at radius 3 is 2.56 bits per heavy atom. The summed E-state index contributed by atoms with van der Waals surface area (Å²) in [6.45, 7) is 7.72. The third-order valence-electron chi connectivity index (χ3n) is 5.00. The predicted octanol–water partition coefficient (Wildman–Crippen LogP) is 1.98. The first-order valence-corrected chi connectivity index (χ1v) is 10.1. The minimum absolute atomic E-state index is 0.114. The van der Waals surface area contributed by atoms with Crippen molar-refractivity contribution in [1.82, 2.24) is 14.6 Å². The molecule has 144 valence electrons. The molecule has 0 amide bonds. The normalized spacial score (nSPS) is 24.4. The highest BCUT2D eigenvalue weighted by molar-refractivity contribution is 7.17. The number of quaternary nitrogens is 1. The van der Waals surface area contributed by atoms with Gasteiger partial charge in [-0.1, -0.05) is 18.3 Å². The zero-order chi connectivity index (χ0) is 19.1. The van der Waals surface area contributed by atoms with Gasteiger partial charge in [0.05, 0.1) is 0 Å². The first kappa shape index (κ1) is 18.3. The van der Waals surface area contributed by atoms with Crippen molar-refractivity contribution in [3.05, 3.63) is 46.3 Å². The van der Waals surface area contributed by atoms with Crippen LogP contribution in [-0.4, -0.2) is 45.0 Å². The van der Waals surface area contributed by atoms with Gasteiger partial charge in [-0.2, -0.15) is 4.52 Å². The van der Waals surface area contributed by atoms with Gasteiger partial charge < -0.3 is 14.7 Å². The number of benzene rings is 1. The molecule has 1 aromatic carbocycles. The molecule has 0 aliphatic carbocycles. The van der Waals surface area contributed by atoms with Crippen LogP contribution in [-0.2, 0) is 11.2 Å². The Balaban J connectivity index is 1.81. The lowest BCUT2D eigenvalue weighted by Gasteiger charge is -2.37. The van der Waals surface area contributed by atoms with Crippen LogP contribution in [0.2, 0.25) is 0 Å². The second-order valence-corrected chi connectivity index (χ2v) is 8.18. The average Bonchev–Trinajstić information content (AvgIpc) is 3.16. The summed E-state index contributed by atoms with van der Waals surface area (Å²) < 4.78 is 20.9. The highest BCUT2D eigenvalue weighted by atomic mass is 32.1. The molecule has 1 saturated heterocycles. The molecule has 0 spiro atoms. The van der Waals surface area contributed by atoms with E-state index in [1.807, 2.05) is 6.92 Å². The largest absolute Gasteiger partial charge is 0.492 e. The Hall–Kier alpha value is -2.03. The van der Waals surface area contributed by atoms with E-state index in [1.165, 1.54) is 32.9 Å². The number of fused-ring (bicyclic) bond motifs is 1. The van der Waals surface area contributed by atoms with Gasteiger partial charge in [0.1, 0.15) is 36.0 Å². The zero-order valence-electron chi connectivity index (χ0n) is 15.6. The van der Waals surface area contributed by atoms with E-state index in [2.05, 4.69) is 23.9 Å². The summed E-state index contributed by atoms with van der Waals surface area (Å²) in [6, 6.07) is 6.41. The van der Waals surface area contributed by atoms with E-state index in [0.717, 1.165) is 23.5 Å². The smallest absolute Gasteiger partial charge is 0.235 e. The summed E-state index contributed by atoms with van der Waals surface area (Å²) in [5.41, 5.74) is 0.961. The van der Waals surface area contributed by atoms with Crippen molar-refractivity contribution in [3.8, 4) is 5.88 Å². The summed E-state index contributed by atoms with van der Waals surface area (Å²) in [4.78, 5) is 7.26. The molecule has 4 rings (SSSR count). The topological polar surface area (TPSA) is 64.1 Å². The van der Waals surface area contributed by atoms with Crippen LogP contribution >= 0.6 is 11.3 Å². The molecule has 2 aromatic heterocycles. The van der Waals surface area contributed by atoms with Gasteiger partial charge in [-0.05, 0) is 38.1 Å². The second kappa shape index (κ2) is 7.18. The molecular weight excluding hydrogens is 367 g/mol. The fourth-order valence-corrected chi connectivity index (χ4v) is 5.07. The molecule has 0 unspecified atom stereocenters. The average molecular weight is 391 g/mol. The van der Waals surface area contributed by atoms with Crippen molar-refractivity contribution >= 4 is 16.3 Å². The lowest BCUT2D eigenvalue weighted by atomic mass is 10.0. The maximum atomic E-state index is 13.5. The maximum Gasteiger partial charge on any atom is 0.235 e. The number of aromatic hydroxyl groups is 1. The molecule has 0 saturated carbocycles. The predicted molar refractivity (Wildman–Crippen MR) is 101 cm³/mol. The SMILES string of the molecule is CCc1nc2sc([C@H](c3ccc(F)cc3)[NH+]3C[C@@H](C)O[C@H](C)C3)c(O)n2n1. The van der Waals surface area contributed by atoms with Crippen molar-refractivity contribution in [2.75, 3.05) is 13.1 Å². The Morgan fingerprint density at radius 2 is 1.96 bits per heavy atom. The van der Waals surface area contributed by atoms with E-state index in [4.69, 9.17) is 4.74 Å². The quantitative estimate of drug-likeness (QED) is 0.714. The summed E-state index contributed by atoms with van der Waals surface area (Å²) >= 11 is 1.45. The molecular formula is C19H24FN4O2S+. The van der Waals surface area contributed by atoms with Gasteiger partial charge in [0.2, 0.25) is 10.8 Å². The van der Waals surface area contributed by atoms with Gasteiger partial charge in [-0.15, -0.1) is 5.10 Å². The van der Waals surface area contributed by atoms with Gasteiger partial charge in [-0.3, -0.25) is 0 Å². The van der Waals surface area contributed by atoms with Crippen LogP contribution in [0.5, 0.6) is 5.88 Å². The van der Waals surface area contributed by atoms with E-state index >= 15 is 0 Å². The van der Waals surface area contributed by atoms with E-state index < -0.39 is 0 Å². The molecule has 0 radical (unpaired) electrons. The van der Waals surface area contributed by atoms with Crippen molar-refractivity contribution in [3.63, 3.8) is 0 Å². The lowest BCUT2D eigenvalue weighted by molar-refractivity contribution is -0.939. The molecule has 3 heterocycles. The third kappa shape index (κ3) is 3.44. The number of rotatable bonds is 4. The monoisotopic (exact) mass is 391 g/mol. The Morgan fingerprint density at radius 1 is 1.30 bits per heavy atom. The molecule has 2 N–H and O–H groups in total. The van der Waals surface area contributed by atoms with Crippen molar-refractivity contribution in [1.29, 1.82) is 0 Å². The number of nitrogens with one attached hydrogen (secondary N) is 1. The van der Waals surface area contributed by atoms with Crippen LogP contribution < -0.4 is 4.90 Å². The molecule has 6 nitrogen and oxygen atoms in total.